The first-order valence-electron chi connectivity index (χ1n) is 9.54. The second-order valence-corrected chi connectivity index (χ2v) is 6.96. The van der Waals surface area contributed by atoms with E-state index < -0.39 is 11.9 Å². The third kappa shape index (κ3) is 3.96. The number of anilines is 2. The average molecular weight is 404 g/mol. The Morgan fingerprint density at radius 2 is 1.93 bits per heavy atom. The van der Waals surface area contributed by atoms with E-state index in [1.807, 2.05) is 24.3 Å². The van der Waals surface area contributed by atoms with Gasteiger partial charge in [-0.3, -0.25) is 9.59 Å². The minimum Gasteiger partial charge on any atom is -0.459 e. The summed E-state index contributed by atoms with van der Waals surface area (Å²) in [6.07, 6.45) is 2.19. The van der Waals surface area contributed by atoms with Crippen molar-refractivity contribution >= 4 is 29.2 Å². The molecule has 7 heteroatoms. The lowest BCUT2D eigenvalue weighted by Crippen LogP contribution is -2.33. The first kappa shape index (κ1) is 19.4. The second kappa shape index (κ2) is 8.24. The molecule has 1 aliphatic heterocycles. The van der Waals surface area contributed by atoms with Gasteiger partial charge in [0.1, 0.15) is 0 Å². The molecule has 2 aromatic carbocycles. The predicted octanol–water partition coefficient (Wildman–Crippen LogP) is 3.59. The number of benzene rings is 2. The van der Waals surface area contributed by atoms with Gasteiger partial charge in [0.25, 0.3) is 11.8 Å². The van der Waals surface area contributed by atoms with E-state index in [1.54, 1.807) is 36.1 Å². The van der Waals surface area contributed by atoms with Crippen molar-refractivity contribution in [2.24, 2.45) is 0 Å². The van der Waals surface area contributed by atoms with Gasteiger partial charge in [-0.1, -0.05) is 24.3 Å². The van der Waals surface area contributed by atoms with Crippen molar-refractivity contribution in [3.63, 3.8) is 0 Å². The maximum absolute atomic E-state index is 12.5. The molecule has 1 aliphatic rings. The third-order valence-corrected chi connectivity index (χ3v) is 4.98. The standard InChI is InChI=1S/C23H20N2O5/c1-15-8-9-17(13-18(15)24-22(27)20-7-4-12-29-20)23(28)30-14-21(26)25-11-10-16-5-2-3-6-19(16)25/h2-9,12-13H,10-11,14H2,1H3,(H,24,27). The zero-order valence-electron chi connectivity index (χ0n) is 16.4. The highest BCUT2D eigenvalue weighted by molar-refractivity contribution is 6.03. The van der Waals surface area contributed by atoms with Crippen LogP contribution in [0.1, 0.15) is 32.0 Å². The highest BCUT2D eigenvalue weighted by Gasteiger charge is 2.25. The molecule has 1 aromatic heterocycles. The van der Waals surface area contributed by atoms with E-state index in [1.165, 1.54) is 12.3 Å². The van der Waals surface area contributed by atoms with E-state index in [9.17, 15) is 14.4 Å². The number of hydrogen-bond donors (Lipinski definition) is 1. The largest absolute Gasteiger partial charge is 0.459 e. The lowest BCUT2D eigenvalue weighted by molar-refractivity contribution is -0.121. The summed E-state index contributed by atoms with van der Waals surface area (Å²) in [5.74, 6) is -1.16. The van der Waals surface area contributed by atoms with Crippen LogP contribution < -0.4 is 10.2 Å². The maximum atomic E-state index is 12.5. The predicted molar refractivity (Wildman–Crippen MR) is 111 cm³/mol. The van der Waals surface area contributed by atoms with Gasteiger partial charge in [-0.2, -0.15) is 0 Å². The topological polar surface area (TPSA) is 88.9 Å². The molecule has 2 heterocycles. The third-order valence-electron chi connectivity index (χ3n) is 4.98. The van der Waals surface area contributed by atoms with Crippen molar-refractivity contribution in [3.8, 4) is 0 Å². The second-order valence-electron chi connectivity index (χ2n) is 6.96. The van der Waals surface area contributed by atoms with Gasteiger partial charge in [0.05, 0.1) is 11.8 Å². The number of carbonyl (C=O) groups excluding carboxylic acids is 3. The van der Waals surface area contributed by atoms with E-state index in [2.05, 4.69) is 5.32 Å². The van der Waals surface area contributed by atoms with E-state index >= 15 is 0 Å². The van der Waals surface area contributed by atoms with Crippen molar-refractivity contribution in [1.29, 1.82) is 0 Å². The number of fused-ring (bicyclic) bond motifs is 1. The Kier molecular flexibility index (Phi) is 5.34. The van der Waals surface area contributed by atoms with E-state index in [-0.39, 0.29) is 23.8 Å². The Balaban J connectivity index is 1.40. The van der Waals surface area contributed by atoms with Crippen LogP contribution >= 0.6 is 0 Å². The van der Waals surface area contributed by atoms with Crippen LogP contribution in [0.4, 0.5) is 11.4 Å². The van der Waals surface area contributed by atoms with Gasteiger partial charge in [-0.15, -0.1) is 0 Å². The van der Waals surface area contributed by atoms with Crippen LogP contribution in [-0.2, 0) is 16.0 Å². The molecule has 2 amide bonds. The van der Waals surface area contributed by atoms with Gasteiger partial charge in [0.15, 0.2) is 12.4 Å². The number of furan rings is 1. The number of esters is 1. The fourth-order valence-electron chi connectivity index (χ4n) is 3.36. The number of aryl methyl sites for hydroxylation is 1. The first-order chi connectivity index (χ1) is 14.5. The number of para-hydroxylation sites is 1. The number of carbonyl (C=O) groups is 3. The minimum atomic E-state index is -0.635. The van der Waals surface area contributed by atoms with Crippen LogP contribution in [0, 0.1) is 6.92 Å². The minimum absolute atomic E-state index is 0.166. The van der Waals surface area contributed by atoms with Gasteiger partial charge in [0, 0.05) is 17.9 Å². The smallest absolute Gasteiger partial charge is 0.338 e. The van der Waals surface area contributed by atoms with Crippen LogP contribution in [0.3, 0.4) is 0 Å². The summed E-state index contributed by atoms with van der Waals surface area (Å²) >= 11 is 0. The lowest BCUT2D eigenvalue weighted by atomic mass is 10.1. The summed E-state index contributed by atoms with van der Waals surface area (Å²) in [5.41, 5.74) is 3.44. The molecule has 0 saturated heterocycles. The molecule has 0 radical (unpaired) electrons. The Bertz CT molecular complexity index is 1100. The fourth-order valence-corrected chi connectivity index (χ4v) is 3.36. The molecule has 0 spiro atoms. The Morgan fingerprint density at radius 3 is 2.73 bits per heavy atom. The van der Waals surface area contributed by atoms with Crippen molar-refractivity contribution in [1.82, 2.24) is 0 Å². The Labute approximate surface area is 173 Å². The average Bonchev–Trinajstić information content (AvgIpc) is 3.43. The van der Waals surface area contributed by atoms with Crippen molar-refractivity contribution in [3.05, 3.63) is 83.3 Å². The van der Waals surface area contributed by atoms with Gasteiger partial charge < -0.3 is 19.4 Å². The number of hydrogen-bond acceptors (Lipinski definition) is 5. The molecule has 152 valence electrons. The number of ether oxygens (including phenoxy) is 1. The lowest BCUT2D eigenvalue weighted by Gasteiger charge is -2.17. The quantitative estimate of drug-likeness (QED) is 0.657. The van der Waals surface area contributed by atoms with Crippen molar-refractivity contribution < 1.29 is 23.5 Å². The zero-order valence-corrected chi connectivity index (χ0v) is 16.4. The molecule has 7 nitrogen and oxygen atoms in total. The zero-order chi connectivity index (χ0) is 21.1. The summed E-state index contributed by atoms with van der Waals surface area (Å²) in [6.45, 7) is 2.03. The SMILES string of the molecule is Cc1ccc(C(=O)OCC(=O)N2CCc3ccccc32)cc1NC(=O)c1ccco1. The molecule has 30 heavy (non-hydrogen) atoms. The van der Waals surface area contributed by atoms with E-state index in [0.29, 0.717) is 12.2 Å². The van der Waals surface area contributed by atoms with Crippen LogP contribution in [0.15, 0.2) is 65.3 Å². The highest BCUT2D eigenvalue weighted by atomic mass is 16.5. The molecule has 0 unspecified atom stereocenters. The van der Waals surface area contributed by atoms with Crippen LogP contribution in [-0.4, -0.2) is 30.9 Å². The maximum Gasteiger partial charge on any atom is 0.338 e. The van der Waals surface area contributed by atoms with Gasteiger partial charge in [0.2, 0.25) is 0 Å². The van der Waals surface area contributed by atoms with Crippen LogP contribution in [0.25, 0.3) is 0 Å². The van der Waals surface area contributed by atoms with Gasteiger partial charge in [-0.25, -0.2) is 4.79 Å². The number of amides is 2. The Morgan fingerprint density at radius 1 is 1.10 bits per heavy atom. The number of nitrogens with zero attached hydrogens (tertiary/aromatic N) is 1. The summed E-state index contributed by atoms with van der Waals surface area (Å²) in [4.78, 5) is 38.8. The molecule has 4 rings (SSSR count). The summed E-state index contributed by atoms with van der Waals surface area (Å²) in [7, 11) is 0. The fraction of sp³-hybridized carbons (Fsp3) is 0.174. The molecular formula is C23H20N2O5. The Hall–Kier alpha value is -3.87. The van der Waals surface area contributed by atoms with Gasteiger partial charge >= 0.3 is 5.97 Å². The molecule has 1 N–H and O–H groups in total. The van der Waals surface area contributed by atoms with Crippen LogP contribution in [0.5, 0.6) is 0 Å². The van der Waals surface area contributed by atoms with E-state index in [4.69, 9.17) is 9.15 Å². The summed E-state index contributed by atoms with van der Waals surface area (Å²) < 4.78 is 10.3. The molecule has 0 saturated carbocycles. The number of rotatable bonds is 5. The monoisotopic (exact) mass is 404 g/mol. The summed E-state index contributed by atoms with van der Waals surface area (Å²) in [6, 6.07) is 15.7. The molecule has 0 aliphatic carbocycles. The highest BCUT2D eigenvalue weighted by Crippen LogP contribution is 2.27. The molecule has 0 bridgehead atoms. The molecular weight excluding hydrogens is 384 g/mol. The molecule has 0 fully saturated rings. The van der Waals surface area contributed by atoms with Crippen molar-refractivity contribution in [2.75, 3.05) is 23.4 Å². The van der Waals surface area contributed by atoms with Gasteiger partial charge in [-0.05, 0) is 54.8 Å². The molecule has 3 aromatic rings. The normalized spacial score (nSPS) is 12.4. The van der Waals surface area contributed by atoms with Crippen LogP contribution in [0.2, 0.25) is 0 Å². The summed E-state index contributed by atoms with van der Waals surface area (Å²) in [5, 5.41) is 2.71. The van der Waals surface area contributed by atoms with E-state index in [0.717, 1.165) is 23.2 Å². The van der Waals surface area contributed by atoms with Crippen molar-refractivity contribution in [2.45, 2.75) is 13.3 Å². The number of nitrogens with one attached hydrogen (secondary N) is 1. The first-order valence-corrected chi connectivity index (χ1v) is 9.54. The molecule has 0 atom stereocenters.